The van der Waals surface area contributed by atoms with Gasteiger partial charge < -0.3 is 10.1 Å². The summed E-state index contributed by atoms with van der Waals surface area (Å²) < 4.78 is 42.9. The number of halogens is 4. The Labute approximate surface area is 137 Å². The Kier molecular flexibility index (Phi) is 5.73. The van der Waals surface area contributed by atoms with Crippen LogP contribution < -0.4 is 10.1 Å². The molecule has 0 aromatic carbocycles. The van der Waals surface area contributed by atoms with Crippen LogP contribution in [0, 0.1) is 11.8 Å². The number of alkyl halides is 3. The molecule has 1 aliphatic carbocycles. The number of ether oxygens (including phenoxy) is 1. The molecule has 1 saturated carbocycles. The standard InChI is InChI=1S/C15H18ClF3N2O2/c1-23-12-6-13(16)20-8-11(12)14(22)21-7-9-2-4-10(5-3-9)15(17,18)19/h6,8-10H,2-5,7H2,1H3,(H,21,22). The summed E-state index contributed by atoms with van der Waals surface area (Å²) >= 11 is 5.73. The van der Waals surface area contributed by atoms with E-state index in [1.807, 2.05) is 0 Å². The van der Waals surface area contributed by atoms with Crippen LogP contribution in [0.3, 0.4) is 0 Å². The Balaban J connectivity index is 1.86. The summed E-state index contributed by atoms with van der Waals surface area (Å²) in [7, 11) is 1.42. The zero-order valence-corrected chi connectivity index (χ0v) is 13.4. The van der Waals surface area contributed by atoms with E-state index >= 15 is 0 Å². The molecule has 0 saturated heterocycles. The van der Waals surface area contributed by atoms with E-state index in [0.29, 0.717) is 25.1 Å². The fraction of sp³-hybridized carbons (Fsp3) is 0.600. The van der Waals surface area contributed by atoms with Crippen molar-refractivity contribution in [3.05, 3.63) is 23.0 Å². The van der Waals surface area contributed by atoms with E-state index in [1.54, 1.807) is 0 Å². The molecule has 0 unspecified atom stereocenters. The topological polar surface area (TPSA) is 51.2 Å². The predicted octanol–water partition coefficient (Wildman–Crippen LogP) is 3.84. The zero-order chi connectivity index (χ0) is 17.0. The lowest BCUT2D eigenvalue weighted by Crippen LogP contribution is -2.34. The van der Waals surface area contributed by atoms with Gasteiger partial charge in [-0.05, 0) is 31.6 Å². The summed E-state index contributed by atoms with van der Waals surface area (Å²) in [5.74, 6) is -1.22. The van der Waals surface area contributed by atoms with Crippen LogP contribution in [0.1, 0.15) is 36.0 Å². The number of aromatic nitrogens is 1. The molecule has 0 bridgehead atoms. The van der Waals surface area contributed by atoms with E-state index in [-0.39, 0.29) is 35.4 Å². The second-order valence-electron chi connectivity index (χ2n) is 5.68. The molecule has 4 nitrogen and oxygen atoms in total. The number of pyridine rings is 1. The average Bonchev–Trinajstić information content (AvgIpc) is 2.52. The highest BCUT2D eigenvalue weighted by Gasteiger charge is 2.41. The van der Waals surface area contributed by atoms with E-state index < -0.39 is 12.1 Å². The van der Waals surface area contributed by atoms with Crippen LogP contribution in [0.4, 0.5) is 13.2 Å². The van der Waals surface area contributed by atoms with Crippen molar-refractivity contribution in [2.45, 2.75) is 31.9 Å². The Hall–Kier alpha value is -1.50. The minimum absolute atomic E-state index is 0.0591. The molecule has 0 radical (unpaired) electrons. The maximum atomic E-state index is 12.6. The average molecular weight is 351 g/mol. The fourth-order valence-corrected chi connectivity index (χ4v) is 2.93. The van der Waals surface area contributed by atoms with Crippen molar-refractivity contribution < 1.29 is 22.7 Å². The maximum Gasteiger partial charge on any atom is 0.391 e. The third-order valence-electron chi connectivity index (χ3n) is 4.16. The number of hydrogen-bond donors (Lipinski definition) is 1. The van der Waals surface area contributed by atoms with E-state index in [2.05, 4.69) is 10.3 Å². The number of carbonyl (C=O) groups is 1. The van der Waals surface area contributed by atoms with Gasteiger partial charge in [0, 0.05) is 18.8 Å². The van der Waals surface area contributed by atoms with Crippen LogP contribution in [0.25, 0.3) is 0 Å². The van der Waals surface area contributed by atoms with Crippen molar-refractivity contribution in [1.29, 1.82) is 0 Å². The van der Waals surface area contributed by atoms with E-state index in [4.69, 9.17) is 16.3 Å². The molecule has 8 heteroatoms. The summed E-state index contributed by atoms with van der Waals surface area (Å²) in [6.07, 6.45) is -1.64. The van der Waals surface area contributed by atoms with Gasteiger partial charge in [0.1, 0.15) is 10.9 Å². The quantitative estimate of drug-likeness (QED) is 0.839. The first-order valence-electron chi connectivity index (χ1n) is 7.35. The third-order valence-corrected chi connectivity index (χ3v) is 4.36. The molecular formula is C15H18ClF3N2O2. The Bertz CT molecular complexity index is 558. The van der Waals surface area contributed by atoms with Gasteiger partial charge in [0.15, 0.2) is 0 Å². The molecule has 1 aromatic rings. The first kappa shape index (κ1) is 17.8. The van der Waals surface area contributed by atoms with Crippen molar-refractivity contribution >= 4 is 17.5 Å². The number of nitrogens with one attached hydrogen (secondary N) is 1. The first-order valence-corrected chi connectivity index (χ1v) is 7.73. The Morgan fingerprint density at radius 3 is 2.61 bits per heavy atom. The highest BCUT2D eigenvalue weighted by atomic mass is 35.5. The molecule has 128 valence electrons. The molecule has 0 aliphatic heterocycles. The number of carbonyl (C=O) groups excluding carboxylic acids is 1. The minimum Gasteiger partial charge on any atom is -0.496 e. The molecule has 1 N–H and O–H groups in total. The van der Waals surface area contributed by atoms with Crippen molar-refractivity contribution in [1.82, 2.24) is 10.3 Å². The highest BCUT2D eigenvalue weighted by molar-refractivity contribution is 6.29. The Morgan fingerprint density at radius 1 is 1.39 bits per heavy atom. The van der Waals surface area contributed by atoms with Gasteiger partial charge in [-0.15, -0.1) is 0 Å². The van der Waals surface area contributed by atoms with Crippen molar-refractivity contribution in [3.63, 3.8) is 0 Å². The number of amides is 1. The number of hydrogen-bond acceptors (Lipinski definition) is 3. The molecule has 23 heavy (non-hydrogen) atoms. The molecule has 1 heterocycles. The normalized spacial score (nSPS) is 21.8. The van der Waals surface area contributed by atoms with Crippen LogP contribution in [-0.4, -0.2) is 30.7 Å². The summed E-state index contributed by atoms with van der Waals surface area (Å²) in [5, 5.41) is 2.95. The minimum atomic E-state index is -4.11. The molecule has 1 amide bonds. The molecule has 1 fully saturated rings. The van der Waals surface area contributed by atoms with Gasteiger partial charge in [-0.25, -0.2) is 4.98 Å². The second kappa shape index (κ2) is 7.38. The molecule has 2 rings (SSSR count). The summed E-state index contributed by atoms with van der Waals surface area (Å²) in [6.45, 7) is 0.342. The first-order chi connectivity index (χ1) is 10.8. The van der Waals surface area contributed by atoms with E-state index in [1.165, 1.54) is 19.4 Å². The largest absolute Gasteiger partial charge is 0.496 e. The van der Waals surface area contributed by atoms with Gasteiger partial charge >= 0.3 is 6.18 Å². The van der Waals surface area contributed by atoms with Gasteiger partial charge in [0.05, 0.1) is 18.6 Å². The van der Waals surface area contributed by atoms with Gasteiger partial charge in [-0.3, -0.25) is 4.79 Å². The molecule has 1 aliphatic rings. The lowest BCUT2D eigenvalue weighted by Gasteiger charge is -2.29. The van der Waals surface area contributed by atoms with Gasteiger partial charge in [-0.1, -0.05) is 11.6 Å². The van der Waals surface area contributed by atoms with Crippen molar-refractivity contribution in [2.24, 2.45) is 11.8 Å². The van der Waals surface area contributed by atoms with Crippen LogP contribution in [0.15, 0.2) is 12.3 Å². The fourth-order valence-electron chi connectivity index (χ4n) is 2.78. The third kappa shape index (κ3) is 4.73. The van der Waals surface area contributed by atoms with Gasteiger partial charge in [0.2, 0.25) is 0 Å². The van der Waals surface area contributed by atoms with Crippen LogP contribution in [-0.2, 0) is 0 Å². The lowest BCUT2D eigenvalue weighted by atomic mass is 9.81. The highest BCUT2D eigenvalue weighted by Crippen LogP contribution is 2.39. The lowest BCUT2D eigenvalue weighted by molar-refractivity contribution is -0.183. The number of methoxy groups -OCH3 is 1. The van der Waals surface area contributed by atoms with Crippen molar-refractivity contribution in [3.8, 4) is 5.75 Å². The van der Waals surface area contributed by atoms with Crippen molar-refractivity contribution in [2.75, 3.05) is 13.7 Å². The smallest absolute Gasteiger partial charge is 0.391 e. The molecule has 1 aromatic heterocycles. The maximum absolute atomic E-state index is 12.6. The molecular weight excluding hydrogens is 333 g/mol. The number of nitrogens with zero attached hydrogens (tertiary/aromatic N) is 1. The predicted molar refractivity (Wildman–Crippen MR) is 79.6 cm³/mol. The van der Waals surface area contributed by atoms with Crippen LogP contribution in [0.2, 0.25) is 5.15 Å². The zero-order valence-electron chi connectivity index (χ0n) is 12.6. The number of rotatable bonds is 4. The summed E-state index contributed by atoms with van der Waals surface area (Å²) in [4.78, 5) is 16.0. The monoisotopic (exact) mass is 350 g/mol. The van der Waals surface area contributed by atoms with Crippen LogP contribution >= 0.6 is 11.6 Å². The molecule has 0 spiro atoms. The van der Waals surface area contributed by atoms with Crippen LogP contribution in [0.5, 0.6) is 5.75 Å². The Morgan fingerprint density at radius 2 is 2.04 bits per heavy atom. The summed E-state index contributed by atoms with van der Waals surface area (Å²) in [6, 6.07) is 1.44. The summed E-state index contributed by atoms with van der Waals surface area (Å²) in [5.41, 5.74) is 0.251. The van der Waals surface area contributed by atoms with Gasteiger partial charge in [-0.2, -0.15) is 13.2 Å². The molecule has 0 atom stereocenters. The van der Waals surface area contributed by atoms with E-state index in [9.17, 15) is 18.0 Å². The van der Waals surface area contributed by atoms with Gasteiger partial charge in [0.25, 0.3) is 5.91 Å². The SMILES string of the molecule is COc1cc(Cl)ncc1C(=O)NCC1CCC(C(F)(F)F)CC1. The second-order valence-corrected chi connectivity index (χ2v) is 6.06. The van der Waals surface area contributed by atoms with E-state index in [0.717, 1.165) is 0 Å².